The minimum atomic E-state index is -4.82. The zero-order valence-electron chi connectivity index (χ0n) is 25.5. The van der Waals surface area contributed by atoms with E-state index in [2.05, 4.69) is 10.2 Å². The molecule has 0 aliphatic carbocycles. The monoisotopic (exact) mass is 681 g/mol. The number of carboxylic acid groups (broad SMARTS) is 1. The molecule has 2 amide bonds. The molecule has 0 spiro atoms. The van der Waals surface area contributed by atoms with Gasteiger partial charge in [0.15, 0.2) is 0 Å². The van der Waals surface area contributed by atoms with E-state index in [0.717, 1.165) is 43.6 Å². The van der Waals surface area contributed by atoms with Crippen LogP contribution in [0.4, 0.5) is 35.5 Å². The lowest BCUT2D eigenvalue weighted by Gasteiger charge is -2.46. The van der Waals surface area contributed by atoms with E-state index in [-0.39, 0.29) is 47.8 Å². The molecule has 0 radical (unpaired) electrons. The maximum Gasteiger partial charge on any atom is 0.416 e. The van der Waals surface area contributed by atoms with Gasteiger partial charge in [-0.05, 0) is 67.6 Å². The van der Waals surface area contributed by atoms with Crippen molar-refractivity contribution in [2.24, 2.45) is 0 Å². The van der Waals surface area contributed by atoms with Gasteiger partial charge in [-0.15, -0.1) is 18.4 Å². The highest BCUT2D eigenvalue weighted by atomic mass is 35.5. The number of carbonyl (C=O) groups is 2. The number of nitrogens with zero attached hydrogens (tertiary/aromatic N) is 4. The zero-order chi connectivity index (χ0) is 33.3. The second-order valence-electron chi connectivity index (χ2n) is 11.7. The second-order valence-corrected chi connectivity index (χ2v) is 11.7. The van der Waals surface area contributed by atoms with Gasteiger partial charge in [0, 0.05) is 44.7 Å². The van der Waals surface area contributed by atoms with E-state index in [1.54, 1.807) is 6.07 Å². The van der Waals surface area contributed by atoms with E-state index >= 15 is 0 Å². The van der Waals surface area contributed by atoms with E-state index in [1.165, 1.54) is 31.0 Å². The molecule has 0 aromatic heterocycles. The number of alkyl halides is 6. The first kappa shape index (κ1) is 37.4. The van der Waals surface area contributed by atoms with Gasteiger partial charge >= 0.3 is 18.4 Å². The van der Waals surface area contributed by atoms with Crippen LogP contribution in [0.3, 0.4) is 0 Å². The molecule has 0 unspecified atom stereocenters. The van der Waals surface area contributed by atoms with Crippen LogP contribution in [0.25, 0.3) is 5.32 Å². The lowest BCUT2D eigenvalue weighted by Crippen LogP contribution is -2.57. The molecule has 3 saturated heterocycles. The average Bonchev–Trinajstić information content (AvgIpc) is 3.35. The quantitative estimate of drug-likeness (QED) is 0.334. The number of hydrogen-bond acceptors (Lipinski definition) is 3. The van der Waals surface area contributed by atoms with Crippen molar-refractivity contribution < 1.29 is 45.4 Å². The number of rotatable bonds is 4. The highest BCUT2D eigenvalue weighted by Crippen LogP contribution is 2.39. The van der Waals surface area contributed by atoms with Crippen LogP contribution in [-0.2, 0) is 17.1 Å². The Kier molecular flexibility index (Phi) is 12.0. The van der Waals surface area contributed by atoms with Crippen molar-refractivity contribution in [1.82, 2.24) is 14.7 Å². The molecule has 15 heteroatoms. The summed E-state index contributed by atoms with van der Waals surface area (Å²) in [6.07, 6.45) is -7.49. The molecule has 7 nitrogen and oxygen atoms in total. The maximum absolute atomic E-state index is 13.5. The molecule has 5 rings (SSSR count). The molecule has 3 heterocycles. The number of likely N-dealkylation sites (tertiary alicyclic amines) is 1. The fourth-order valence-electron chi connectivity index (χ4n) is 6.40. The SMILES string of the molecule is C[N-][C@H](C)c1cc(C(F)(F)F)cc(C(F)(F)F)c1.Cc1cc(F)ccc1[C@H]1C[C@@H](N2CCN3C(=O)CC[C@H]3C2)CCN1C(=O)O.Cl. The van der Waals surface area contributed by atoms with Crippen LogP contribution in [0, 0.1) is 12.7 Å². The number of aryl methyl sites for hydroxylation is 1. The van der Waals surface area contributed by atoms with Crippen LogP contribution in [0.5, 0.6) is 0 Å². The predicted molar refractivity (Wildman–Crippen MR) is 159 cm³/mol. The van der Waals surface area contributed by atoms with E-state index in [4.69, 9.17) is 0 Å². The summed E-state index contributed by atoms with van der Waals surface area (Å²) in [7, 11) is 1.33. The number of hydrogen-bond donors (Lipinski definition) is 1. The zero-order valence-corrected chi connectivity index (χ0v) is 26.4. The standard InChI is InChI=1S/C20H26FN3O3.C11H10F6N.ClH/c1-13-10-14(21)2-4-17(13)18-11-15(6-7-24(18)20(26)27)22-8-9-23-16(12-22)3-5-19(23)25;1-6(18-2)7-3-8(10(12,13)14)5-9(4-7)11(15,16)17;/h2,4,10,15-16,18H,3,5-9,11-12H2,1H3,(H,26,27);3-6H,1-2H3;1H/q;-1;/t15-,16-,18+;6-;/m01./s1. The molecule has 0 saturated carbocycles. The highest BCUT2D eigenvalue weighted by molar-refractivity contribution is 5.85. The van der Waals surface area contributed by atoms with Crippen molar-refractivity contribution in [2.45, 2.75) is 76.1 Å². The molecule has 2 aromatic carbocycles. The van der Waals surface area contributed by atoms with Crippen molar-refractivity contribution in [1.29, 1.82) is 0 Å². The van der Waals surface area contributed by atoms with Gasteiger partial charge in [-0.2, -0.15) is 33.4 Å². The molecule has 256 valence electrons. The molecule has 3 aliphatic heterocycles. The third kappa shape index (κ3) is 8.62. The molecule has 3 aliphatic rings. The Labute approximate surface area is 269 Å². The van der Waals surface area contributed by atoms with Crippen molar-refractivity contribution in [3.63, 3.8) is 0 Å². The highest BCUT2D eigenvalue weighted by Gasteiger charge is 2.41. The fraction of sp³-hybridized carbons (Fsp3) is 0.548. The van der Waals surface area contributed by atoms with Gasteiger partial charge < -0.3 is 20.2 Å². The number of carbonyl (C=O) groups excluding carboxylic acids is 1. The third-order valence-electron chi connectivity index (χ3n) is 8.93. The molecule has 2 aromatic rings. The third-order valence-corrected chi connectivity index (χ3v) is 8.93. The minimum absolute atomic E-state index is 0. The predicted octanol–water partition coefficient (Wildman–Crippen LogP) is 7.83. The van der Waals surface area contributed by atoms with Gasteiger partial charge in [0.2, 0.25) is 5.91 Å². The summed E-state index contributed by atoms with van der Waals surface area (Å²) < 4.78 is 88.6. The summed E-state index contributed by atoms with van der Waals surface area (Å²) in [4.78, 5) is 29.6. The Hall–Kier alpha value is -3.10. The summed E-state index contributed by atoms with van der Waals surface area (Å²) in [6, 6.07) is 5.69. The normalized spacial score (nSPS) is 22.8. The summed E-state index contributed by atoms with van der Waals surface area (Å²) in [5, 5.41) is 13.3. The van der Waals surface area contributed by atoms with Crippen LogP contribution in [0.1, 0.15) is 72.5 Å². The number of fused-ring (bicyclic) bond motifs is 1. The number of halogens is 8. The summed E-state index contributed by atoms with van der Waals surface area (Å²) >= 11 is 0. The molecule has 1 N–H and O–H groups in total. The van der Waals surface area contributed by atoms with Crippen LogP contribution < -0.4 is 0 Å². The van der Waals surface area contributed by atoms with Crippen molar-refractivity contribution in [3.8, 4) is 0 Å². The summed E-state index contributed by atoms with van der Waals surface area (Å²) in [5.41, 5.74) is -1.07. The fourth-order valence-corrected chi connectivity index (χ4v) is 6.40. The number of piperidine rings is 1. The van der Waals surface area contributed by atoms with Gasteiger partial charge in [0.25, 0.3) is 0 Å². The van der Waals surface area contributed by atoms with E-state index in [0.29, 0.717) is 37.6 Å². The van der Waals surface area contributed by atoms with Gasteiger partial charge in [-0.25, -0.2) is 9.18 Å². The Bertz CT molecular complexity index is 1360. The maximum atomic E-state index is 13.5. The summed E-state index contributed by atoms with van der Waals surface area (Å²) in [5.74, 6) is -0.0346. The molecular formula is C31H37ClF7N4O3-. The Morgan fingerprint density at radius 2 is 1.59 bits per heavy atom. The molecule has 46 heavy (non-hydrogen) atoms. The van der Waals surface area contributed by atoms with Crippen LogP contribution in [-0.4, -0.2) is 77.1 Å². The van der Waals surface area contributed by atoms with Crippen molar-refractivity contribution in [3.05, 3.63) is 75.3 Å². The lowest BCUT2D eigenvalue weighted by atomic mass is 9.88. The number of benzene rings is 2. The molecule has 3 fully saturated rings. The van der Waals surface area contributed by atoms with Crippen LogP contribution in [0.15, 0.2) is 36.4 Å². The first-order chi connectivity index (χ1) is 21.0. The molecular weight excluding hydrogens is 645 g/mol. The Morgan fingerprint density at radius 3 is 2.13 bits per heavy atom. The summed E-state index contributed by atoms with van der Waals surface area (Å²) in [6.45, 7) is 6.22. The van der Waals surface area contributed by atoms with Gasteiger partial charge in [0.1, 0.15) is 5.82 Å². The lowest BCUT2D eigenvalue weighted by molar-refractivity contribution is -0.143. The van der Waals surface area contributed by atoms with Gasteiger partial charge in [-0.1, -0.05) is 18.6 Å². The Morgan fingerprint density at radius 1 is 0.957 bits per heavy atom. The Balaban J connectivity index is 0.000000267. The van der Waals surface area contributed by atoms with Gasteiger partial charge in [0.05, 0.1) is 17.2 Å². The van der Waals surface area contributed by atoms with Crippen molar-refractivity contribution >= 4 is 24.4 Å². The van der Waals surface area contributed by atoms with E-state index < -0.39 is 35.6 Å². The largest absolute Gasteiger partial charge is 0.659 e. The van der Waals surface area contributed by atoms with Gasteiger partial charge in [-0.3, -0.25) is 9.69 Å². The minimum Gasteiger partial charge on any atom is -0.659 e. The molecule has 0 bridgehead atoms. The van der Waals surface area contributed by atoms with Crippen LogP contribution >= 0.6 is 12.4 Å². The van der Waals surface area contributed by atoms with Crippen molar-refractivity contribution in [2.75, 3.05) is 33.2 Å². The van der Waals surface area contributed by atoms with Crippen LogP contribution in [0.2, 0.25) is 0 Å². The van der Waals surface area contributed by atoms with E-state index in [9.17, 15) is 45.4 Å². The average molecular weight is 682 g/mol. The number of piperazine rings is 1. The smallest absolute Gasteiger partial charge is 0.416 e. The topological polar surface area (TPSA) is 78.2 Å². The number of amides is 2. The second kappa shape index (κ2) is 14.8. The first-order valence-corrected chi connectivity index (χ1v) is 14.7. The first-order valence-electron chi connectivity index (χ1n) is 14.7. The molecule has 4 atom stereocenters. The van der Waals surface area contributed by atoms with E-state index in [1.807, 2.05) is 11.8 Å².